The Morgan fingerprint density at radius 2 is 1.79 bits per heavy atom. The van der Waals surface area contributed by atoms with Gasteiger partial charge in [-0.3, -0.25) is 4.79 Å². The van der Waals surface area contributed by atoms with Gasteiger partial charge in [0.1, 0.15) is 11.5 Å². The topological polar surface area (TPSA) is 47.6 Å². The minimum atomic E-state index is -2.91. The molecule has 0 heterocycles. The molecular formula is C18H19F2NO3. The standard InChI is InChI=1S/C18H19F2NO3/c1-12-7-13(2)9-15(8-12)23-11-17(22)21-10-14-5-3-4-6-16(14)24-18(19)20/h3-9,18H,10-11H2,1-2H3,(H,21,22). The first-order valence-corrected chi connectivity index (χ1v) is 7.44. The Kier molecular flexibility index (Phi) is 6.12. The summed E-state index contributed by atoms with van der Waals surface area (Å²) in [6.07, 6.45) is 0. The number of rotatable bonds is 7. The van der Waals surface area contributed by atoms with Gasteiger partial charge in [-0.2, -0.15) is 8.78 Å². The van der Waals surface area contributed by atoms with Crippen molar-refractivity contribution in [1.29, 1.82) is 0 Å². The fraction of sp³-hybridized carbons (Fsp3) is 0.278. The fourth-order valence-electron chi connectivity index (χ4n) is 2.27. The van der Waals surface area contributed by atoms with E-state index in [1.54, 1.807) is 18.2 Å². The summed E-state index contributed by atoms with van der Waals surface area (Å²) >= 11 is 0. The first-order valence-electron chi connectivity index (χ1n) is 7.44. The molecule has 1 N–H and O–H groups in total. The van der Waals surface area contributed by atoms with Gasteiger partial charge in [-0.1, -0.05) is 24.3 Å². The number of amides is 1. The summed E-state index contributed by atoms with van der Waals surface area (Å²) in [6, 6.07) is 12.0. The molecule has 4 nitrogen and oxygen atoms in total. The molecule has 2 aromatic rings. The van der Waals surface area contributed by atoms with Crippen molar-refractivity contribution in [2.45, 2.75) is 27.0 Å². The van der Waals surface area contributed by atoms with Gasteiger partial charge in [-0.25, -0.2) is 0 Å². The highest BCUT2D eigenvalue weighted by molar-refractivity contribution is 5.77. The zero-order chi connectivity index (χ0) is 17.5. The van der Waals surface area contributed by atoms with Crippen molar-refractivity contribution >= 4 is 5.91 Å². The lowest BCUT2D eigenvalue weighted by Crippen LogP contribution is -2.28. The quantitative estimate of drug-likeness (QED) is 0.841. The molecule has 6 heteroatoms. The second-order valence-corrected chi connectivity index (χ2v) is 5.38. The molecule has 2 rings (SSSR count). The van der Waals surface area contributed by atoms with E-state index in [0.717, 1.165) is 11.1 Å². The van der Waals surface area contributed by atoms with Gasteiger partial charge in [0, 0.05) is 12.1 Å². The number of nitrogens with one attached hydrogen (secondary N) is 1. The SMILES string of the molecule is Cc1cc(C)cc(OCC(=O)NCc2ccccc2OC(F)F)c1. The molecular weight excluding hydrogens is 316 g/mol. The van der Waals surface area contributed by atoms with E-state index in [1.165, 1.54) is 6.07 Å². The van der Waals surface area contributed by atoms with E-state index in [-0.39, 0.29) is 24.8 Å². The molecule has 0 aromatic heterocycles. The van der Waals surface area contributed by atoms with Crippen LogP contribution in [0, 0.1) is 13.8 Å². The minimum absolute atomic E-state index is 0.0445. The number of carbonyl (C=O) groups excluding carboxylic acids is 1. The molecule has 128 valence electrons. The van der Waals surface area contributed by atoms with Crippen LogP contribution in [0.15, 0.2) is 42.5 Å². The average Bonchev–Trinajstić information content (AvgIpc) is 2.50. The number of aryl methyl sites for hydroxylation is 2. The molecule has 0 radical (unpaired) electrons. The van der Waals surface area contributed by atoms with Crippen LogP contribution < -0.4 is 14.8 Å². The van der Waals surface area contributed by atoms with Crippen LogP contribution in [0.25, 0.3) is 0 Å². The third kappa shape index (κ3) is 5.53. The molecule has 0 aliphatic heterocycles. The van der Waals surface area contributed by atoms with Crippen molar-refractivity contribution in [1.82, 2.24) is 5.32 Å². The van der Waals surface area contributed by atoms with Gasteiger partial charge in [0.2, 0.25) is 0 Å². The Morgan fingerprint density at radius 3 is 2.46 bits per heavy atom. The van der Waals surface area contributed by atoms with Crippen LogP contribution in [-0.4, -0.2) is 19.1 Å². The molecule has 1 amide bonds. The van der Waals surface area contributed by atoms with Crippen molar-refractivity contribution in [3.05, 3.63) is 59.2 Å². The Labute approximate surface area is 139 Å². The number of ether oxygens (including phenoxy) is 2. The van der Waals surface area contributed by atoms with Crippen molar-refractivity contribution in [2.75, 3.05) is 6.61 Å². The van der Waals surface area contributed by atoms with Crippen LogP contribution in [-0.2, 0) is 11.3 Å². The van der Waals surface area contributed by atoms with Crippen molar-refractivity contribution < 1.29 is 23.0 Å². The van der Waals surface area contributed by atoms with Gasteiger partial charge in [0.25, 0.3) is 5.91 Å². The van der Waals surface area contributed by atoms with E-state index >= 15 is 0 Å². The van der Waals surface area contributed by atoms with Crippen molar-refractivity contribution in [3.63, 3.8) is 0 Å². The van der Waals surface area contributed by atoms with Crippen molar-refractivity contribution in [2.24, 2.45) is 0 Å². The maximum absolute atomic E-state index is 12.3. The lowest BCUT2D eigenvalue weighted by atomic mass is 10.1. The van der Waals surface area contributed by atoms with E-state index < -0.39 is 6.61 Å². The predicted molar refractivity (Wildman–Crippen MR) is 86.3 cm³/mol. The molecule has 0 aliphatic carbocycles. The number of hydrogen-bond donors (Lipinski definition) is 1. The van der Waals surface area contributed by atoms with E-state index in [9.17, 15) is 13.6 Å². The Morgan fingerprint density at radius 1 is 1.12 bits per heavy atom. The monoisotopic (exact) mass is 335 g/mol. The zero-order valence-corrected chi connectivity index (χ0v) is 13.5. The lowest BCUT2D eigenvalue weighted by Gasteiger charge is -2.12. The molecule has 0 spiro atoms. The highest BCUT2D eigenvalue weighted by atomic mass is 19.3. The first kappa shape index (κ1) is 17.7. The normalized spacial score (nSPS) is 10.5. The lowest BCUT2D eigenvalue weighted by molar-refractivity contribution is -0.123. The summed E-state index contributed by atoms with van der Waals surface area (Å²) in [5, 5.41) is 2.62. The Hall–Kier alpha value is -2.63. The molecule has 0 unspecified atom stereocenters. The molecule has 0 atom stereocenters. The largest absolute Gasteiger partial charge is 0.484 e. The summed E-state index contributed by atoms with van der Waals surface area (Å²) in [7, 11) is 0. The molecule has 0 saturated carbocycles. The van der Waals surface area contributed by atoms with E-state index in [0.29, 0.717) is 11.3 Å². The van der Waals surface area contributed by atoms with Crippen LogP contribution in [0.5, 0.6) is 11.5 Å². The zero-order valence-electron chi connectivity index (χ0n) is 13.5. The number of alkyl halides is 2. The smallest absolute Gasteiger partial charge is 0.387 e. The third-order valence-electron chi connectivity index (χ3n) is 3.23. The van der Waals surface area contributed by atoms with Crippen LogP contribution >= 0.6 is 0 Å². The summed E-state index contributed by atoms with van der Waals surface area (Å²) in [4.78, 5) is 11.9. The average molecular weight is 335 g/mol. The van der Waals surface area contributed by atoms with Crippen LogP contribution in [0.2, 0.25) is 0 Å². The van der Waals surface area contributed by atoms with Crippen LogP contribution in [0.3, 0.4) is 0 Å². The highest BCUT2D eigenvalue weighted by Gasteiger charge is 2.10. The Balaban J connectivity index is 1.87. The number of hydrogen-bond acceptors (Lipinski definition) is 3. The fourth-order valence-corrected chi connectivity index (χ4v) is 2.27. The molecule has 0 fully saturated rings. The summed E-state index contributed by atoms with van der Waals surface area (Å²) in [5.74, 6) is 0.313. The molecule has 24 heavy (non-hydrogen) atoms. The number of benzene rings is 2. The van der Waals surface area contributed by atoms with Crippen molar-refractivity contribution in [3.8, 4) is 11.5 Å². The first-order chi connectivity index (χ1) is 11.4. The maximum atomic E-state index is 12.3. The molecule has 0 aliphatic rings. The van der Waals surface area contributed by atoms with E-state index in [1.807, 2.05) is 32.0 Å². The van der Waals surface area contributed by atoms with Gasteiger partial charge < -0.3 is 14.8 Å². The van der Waals surface area contributed by atoms with Gasteiger partial charge in [-0.05, 0) is 43.2 Å². The molecule has 2 aromatic carbocycles. The summed E-state index contributed by atoms with van der Waals surface area (Å²) in [6.45, 7) is 0.910. The number of para-hydroxylation sites is 1. The minimum Gasteiger partial charge on any atom is -0.484 e. The van der Waals surface area contributed by atoms with Crippen LogP contribution in [0.1, 0.15) is 16.7 Å². The Bertz CT molecular complexity index is 684. The summed E-state index contributed by atoms with van der Waals surface area (Å²) < 4.78 is 34.6. The van der Waals surface area contributed by atoms with E-state index in [4.69, 9.17) is 4.74 Å². The maximum Gasteiger partial charge on any atom is 0.387 e. The predicted octanol–water partition coefficient (Wildman–Crippen LogP) is 3.60. The molecule has 0 saturated heterocycles. The number of carbonyl (C=O) groups is 1. The number of halogens is 2. The van der Waals surface area contributed by atoms with Gasteiger partial charge >= 0.3 is 6.61 Å². The van der Waals surface area contributed by atoms with Crippen LogP contribution in [0.4, 0.5) is 8.78 Å². The highest BCUT2D eigenvalue weighted by Crippen LogP contribution is 2.20. The second kappa shape index (κ2) is 8.29. The van der Waals surface area contributed by atoms with Gasteiger partial charge in [-0.15, -0.1) is 0 Å². The second-order valence-electron chi connectivity index (χ2n) is 5.38. The van der Waals surface area contributed by atoms with E-state index in [2.05, 4.69) is 10.1 Å². The van der Waals surface area contributed by atoms with Gasteiger partial charge in [0.05, 0.1) is 0 Å². The summed E-state index contributed by atoms with van der Waals surface area (Å²) in [5.41, 5.74) is 2.56. The van der Waals surface area contributed by atoms with Gasteiger partial charge in [0.15, 0.2) is 6.61 Å². The molecule has 0 bridgehead atoms. The third-order valence-corrected chi connectivity index (χ3v) is 3.23.